The Morgan fingerprint density at radius 2 is 2.05 bits per heavy atom. The van der Waals surface area contributed by atoms with Gasteiger partial charge in [0.2, 0.25) is 0 Å². The lowest BCUT2D eigenvalue weighted by Gasteiger charge is -2.07. The topological polar surface area (TPSA) is 55.2 Å². The summed E-state index contributed by atoms with van der Waals surface area (Å²) in [4.78, 5) is 10.6. The van der Waals surface area contributed by atoms with E-state index in [0.29, 0.717) is 17.1 Å². The standard InChI is InChI=1S/C16H17ClN2O2/c1-12-3-2-4-13(9-12)7-8-18-11-14-10-15(17)5-6-16(14)19(20)21/h2-6,9-10,18H,7-8,11H2,1H3. The summed E-state index contributed by atoms with van der Waals surface area (Å²) in [6.45, 7) is 3.25. The van der Waals surface area contributed by atoms with Gasteiger partial charge in [0.25, 0.3) is 5.69 Å². The van der Waals surface area contributed by atoms with E-state index in [1.54, 1.807) is 6.07 Å². The predicted molar refractivity (Wildman–Crippen MR) is 84.7 cm³/mol. The number of rotatable bonds is 6. The molecule has 1 N–H and O–H groups in total. The summed E-state index contributed by atoms with van der Waals surface area (Å²) < 4.78 is 0. The fraction of sp³-hybridized carbons (Fsp3) is 0.250. The molecule has 2 rings (SSSR count). The second-order valence-corrected chi connectivity index (χ2v) is 5.38. The van der Waals surface area contributed by atoms with Crippen LogP contribution in [0.1, 0.15) is 16.7 Å². The summed E-state index contributed by atoms with van der Waals surface area (Å²) in [5, 5.41) is 14.7. The largest absolute Gasteiger partial charge is 0.312 e. The number of nitrogens with one attached hydrogen (secondary N) is 1. The van der Waals surface area contributed by atoms with Gasteiger partial charge < -0.3 is 5.32 Å². The van der Waals surface area contributed by atoms with Crippen molar-refractivity contribution in [2.75, 3.05) is 6.54 Å². The Morgan fingerprint density at radius 1 is 1.24 bits per heavy atom. The van der Waals surface area contributed by atoms with Gasteiger partial charge in [-0.1, -0.05) is 41.4 Å². The van der Waals surface area contributed by atoms with E-state index in [2.05, 4.69) is 30.4 Å². The van der Waals surface area contributed by atoms with Gasteiger partial charge in [-0.2, -0.15) is 0 Å². The molecule has 0 fully saturated rings. The van der Waals surface area contributed by atoms with Crippen molar-refractivity contribution in [1.29, 1.82) is 0 Å². The van der Waals surface area contributed by atoms with E-state index in [9.17, 15) is 10.1 Å². The van der Waals surface area contributed by atoms with Gasteiger partial charge in [-0.15, -0.1) is 0 Å². The molecule has 0 heterocycles. The molecule has 5 heteroatoms. The fourth-order valence-corrected chi connectivity index (χ4v) is 2.39. The molecule has 0 aliphatic heterocycles. The quantitative estimate of drug-likeness (QED) is 0.500. The monoisotopic (exact) mass is 304 g/mol. The molecule has 2 aromatic carbocycles. The molecule has 110 valence electrons. The van der Waals surface area contributed by atoms with E-state index < -0.39 is 0 Å². The van der Waals surface area contributed by atoms with Crippen LogP contribution in [0, 0.1) is 17.0 Å². The Labute approximate surface area is 128 Å². The molecule has 0 aliphatic rings. The van der Waals surface area contributed by atoms with Crippen molar-refractivity contribution < 1.29 is 4.92 Å². The molecule has 0 saturated carbocycles. The lowest BCUT2D eigenvalue weighted by atomic mass is 10.1. The number of nitro benzene ring substituents is 1. The number of hydrogen-bond donors (Lipinski definition) is 1. The second kappa shape index (κ2) is 7.20. The van der Waals surface area contributed by atoms with Crippen molar-refractivity contribution in [2.24, 2.45) is 0 Å². The summed E-state index contributed by atoms with van der Waals surface area (Å²) >= 11 is 5.90. The van der Waals surface area contributed by atoms with Gasteiger partial charge in [0.15, 0.2) is 0 Å². The first kappa shape index (κ1) is 15.5. The molecule has 0 unspecified atom stereocenters. The molecule has 0 spiro atoms. The Bertz CT molecular complexity index is 644. The van der Waals surface area contributed by atoms with E-state index >= 15 is 0 Å². The van der Waals surface area contributed by atoms with Gasteiger partial charge in [0, 0.05) is 23.2 Å². The molecule has 21 heavy (non-hydrogen) atoms. The van der Waals surface area contributed by atoms with Gasteiger partial charge >= 0.3 is 0 Å². The van der Waals surface area contributed by atoms with Crippen LogP contribution < -0.4 is 5.32 Å². The third-order valence-corrected chi connectivity index (χ3v) is 3.46. The molecule has 0 amide bonds. The van der Waals surface area contributed by atoms with Crippen molar-refractivity contribution in [2.45, 2.75) is 19.9 Å². The Morgan fingerprint density at radius 3 is 2.76 bits per heavy atom. The minimum Gasteiger partial charge on any atom is -0.312 e. The Kier molecular flexibility index (Phi) is 5.31. The number of nitrogens with zero attached hydrogens (tertiary/aromatic N) is 1. The van der Waals surface area contributed by atoms with E-state index in [1.165, 1.54) is 23.3 Å². The number of hydrogen-bond acceptors (Lipinski definition) is 3. The van der Waals surface area contributed by atoms with Crippen LogP contribution in [0.5, 0.6) is 0 Å². The molecule has 2 aromatic rings. The maximum absolute atomic E-state index is 11.0. The lowest BCUT2D eigenvalue weighted by Crippen LogP contribution is -2.17. The molecule has 0 atom stereocenters. The van der Waals surface area contributed by atoms with Crippen molar-refractivity contribution in [3.8, 4) is 0 Å². The van der Waals surface area contributed by atoms with Crippen LogP contribution in [0.2, 0.25) is 5.02 Å². The number of halogens is 1. The zero-order chi connectivity index (χ0) is 15.2. The predicted octanol–water partition coefficient (Wildman–Crippen LogP) is 3.89. The molecular formula is C16H17ClN2O2. The van der Waals surface area contributed by atoms with E-state index in [-0.39, 0.29) is 10.6 Å². The maximum atomic E-state index is 11.0. The molecule has 0 saturated heterocycles. The van der Waals surface area contributed by atoms with Crippen molar-refractivity contribution in [1.82, 2.24) is 5.32 Å². The van der Waals surface area contributed by atoms with Gasteiger partial charge in [-0.05, 0) is 37.6 Å². The number of nitro groups is 1. The third-order valence-electron chi connectivity index (χ3n) is 3.23. The molecule has 0 bridgehead atoms. The highest BCUT2D eigenvalue weighted by atomic mass is 35.5. The van der Waals surface area contributed by atoms with Crippen molar-refractivity contribution in [3.63, 3.8) is 0 Å². The first-order valence-corrected chi connectivity index (χ1v) is 7.13. The highest BCUT2D eigenvalue weighted by Gasteiger charge is 2.13. The summed E-state index contributed by atoms with van der Waals surface area (Å²) in [5.74, 6) is 0. The minimum absolute atomic E-state index is 0.0995. The highest BCUT2D eigenvalue weighted by molar-refractivity contribution is 6.30. The van der Waals surface area contributed by atoms with Crippen LogP contribution in [0.25, 0.3) is 0 Å². The van der Waals surface area contributed by atoms with Gasteiger partial charge in [-0.25, -0.2) is 0 Å². The van der Waals surface area contributed by atoms with Crippen LogP contribution in [0.3, 0.4) is 0 Å². The highest BCUT2D eigenvalue weighted by Crippen LogP contribution is 2.22. The minimum atomic E-state index is -0.381. The zero-order valence-corrected chi connectivity index (χ0v) is 12.6. The van der Waals surface area contributed by atoms with E-state index in [1.807, 2.05) is 6.07 Å². The maximum Gasteiger partial charge on any atom is 0.273 e. The molecule has 0 radical (unpaired) electrons. The normalized spacial score (nSPS) is 10.6. The van der Waals surface area contributed by atoms with Crippen LogP contribution in [-0.2, 0) is 13.0 Å². The van der Waals surface area contributed by atoms with Gasteiger partial charge in [0.1, 0.15) is 0 Å². The van der Waals surface area contributed by atoms with Crippen LogP contribution >= 0.6 is 11.6 Å². The van der Waals surface area contributed by atoms with Gasteiger partial charge in [-0.3, -0.25) is 10.1 Å². The van der Waals surface area contributed by atoms with Crippen molar-refractivity contribution in [3.05, 3.63) is 74.3 Å². The fourth-order valence-electron chi connectivity index (χ4n) is 2.20. The second-order valence-electron chi connectivity index (χ2n) is 4.95. The van der Waals surface area contributed by atoms with E-state index in [0.717, 1.165) is 13.0 Å². The third kappa shape index (κ3) is 4.55. The van der Waals surface area contributed by atoms with Crippen molar-refractivity contribution >= 4 is 17.3 Å². The van der Waals surface area contributed by atoms with Crippen LogP contribution in [0.15, 0.2) is 42.5 Å². The van der Waals surface area contributed by atoms with Crippen LogP contribution in [0.4, 0.5) is 5.69 Å². The summed E-state index contributed by atoms with van der Waals surface area (Å²) in [6, 6.07) is 12.9. The Hall–Kier alpha value is -1.91. The van der Waals surface area contributed by atoms with Crippen LogP contribution in [-0.4, -0.2) is 11.5 Å². The average Bonchev–Trinajstić information content (AvgIpc) is 2.43. The SMILES string of the molecule is Cc1cccc(CCNCc2cc(Cl)ccc2[N+](=O)[O-])c1. The summed E-state index contributed by atoms with van der Waals surface area (Å²) in [7, 11) is 0. The molecule has 0 aromatic heterocycles. The lowest BCUT2D eigenvalue weighted by molar-refractivity contribution is -0.385. The smallest absolute Gasteiger partial charge is 0.273 e. The average molecular weight is 305 g/mol. The summed E-state index contributed by atoms with van der Waals surface area (Å²) in [5.41, 5.74) is 3.19. The van der Waals surface area contributed by atoms with E-state index in [4.69, 9.17) is 11.6 Å². The first-order chi connectivity index (χ1) is 10.1. The number of aryl methyl sites for hydroxylation is 1. The molecule has 4 nitrogen and oxygen atoms in total. The zero-order valence-electron chi connectivity index (χ0n) is 11.8. The molecule has 0 aliphatic carbocycles. The number of benzene rings is 2. The first-order valence-electron chi connectivity index (χ1n) is 6.75. The Balaban J connectivity index is 1.91. The van der Waals surface area contributed by atoms with Gasteiger partial charge in [0.05, 0.1) is 4.92 Å². The summed E-state index contributed by atoms with van der Waals surface area (Å²) in [6.07, 6.45) is 0.885. The molecular weight excluding hydrogens is 288 g/mol.